The summed E-state index contributed by atoms with van der Waals surface area (Å²) < 4.78 is 59.6. The van der Waals surface area contributed by atoms with E-state index in [-0.39, 0.29) is 40.8 Å². The van der Waals surface area contributed by atoms with E-state index in [1.165, 1.54) is 26.4 Å². The first-order valence-corrected chi connectivity index (χ1v) is 13.6. The number of esters is 1. The van der Waals surface area contributed by atoms with Gasteiger partial charge in [0, 0.05) is 11.8 Å². The van der Waals surface area contributed by atoms with E-state index in [1.807, 2.05) is 19.1 Å². The predicted molar refractivity (Wildman–Crippen MR) is 135 cm³/mol. The van der Waals surface area contributed by atoms with Crippen LogP contribution in [0.4, 0.5) is 0 Å². The Kier molecular flexibility index (Phi) is 5.86. The van der Waals surface area contributed by atoms with Gasteiger partial charge in [0.25, 0.3) is 0 Å². The van der Waals surface area contributed by atoms with Gasteiger partial charge < -0.3 is 27.9 Å². The minimum atomic E-state index is -4.18. The van der Waals surface area contributed by atoms with Gasteiger partial charge in [-0.25, -0.2) is 0 Å². The quantitative estimate of drug-likeness (QED) is 0.340. The zero-order valence-corrected chi connectivity index (χ0v) is 21.9. The molecule has 1 aliphatic carbocycles. The second-order valence-corrected chi connectivity index (χ2v) is 11.2. The van der Waals surface area contributed by atoms with Crippen LogP contribution < -0.4 is 23.1 Å². The van der Waals surface area contributed by atoms with Crippen LogP contribution >= 0.6 is 0 Å². The standard InChI is InChI=1S/C28H26O9S/c1-15-4-6-19(7-5-15)38(30,31)37-27-23(32-2)10-17(11-24(27)33-3)25-20-12-22-21(35-14-36-22)9-16(20)8-18-13-34-28(29)26(18)25/h4-7,9-12,18,25-26H,8,13-14H2,1-3H3/t18-,25+,26-/m0/s1. The number of hydrogen-bond donors (Lipinski definition) is 0. The zero-order valence-electron chi connectivity index (χ0n) is 21.1. The fourth-order valence-electron chi connectivity index (χ4n) is 5.53. The summed E-state index contributed by atoms with van der Waals surface area (Å²) in [6.07, 6.45) is 0.670. The van der Waals surface area contributed by atoms with Gasteiger partial charge in [-0.15, -0.1) is 0 Å². The first kappa shape index (κ1) is 24.4. The van der Waals surface area contributed by atoms with Gasteiger partial charge in [-0.3, -0.25) is 4.79 Å². The number of rotatable bonds is 6. The number of aryl methyl sites for hydroxylation is 1. The van der Waals surface area contributed by atoms with Crippen molar-refractivity contribution in [2.75, 3.05) is 27.6 Å². The molecule has 0 unspecified atom stereocenters. The van der Waals surface area contributed by atoms with E-state index in [1.54, 1.807) is 24.3 Å². The molecule has 10 heteroatoms. The summed E-state index contributed by atoms with van der Waals surface area (Å²) >= 11 is 0. The molecule has 198 valence electrons. The molecular formula is C28H26O9S. The molecule has 3 aromatic carbocycles. The molecule has 2 heterocycles. The van der Waals surface area contributed by atoms with Gasteiger partial charge in [-0.1, -0.05) is 17.7 Å². The summed E-state index contributed by atoms with van der Waals surface area (Å²) in [4.78, 5) is 12.9. The molecule has 1 fully saturated rings. The van der Waals surface area contributed by atoms with Crippen molar-refractivity contribution in [3.8, 4) is 28.7 Å². The Morgan fingerprint density at radius 1 is 0.895 bits per heavy atom. The van der Waals surface area contributed by atoms with E-state index in [0.29, 0.717) is 30.1 Å². The van der Waals surface area contributed by atoms with Crippen LogP contribution in [-0.2, 0) is 26.1 Å². The second kappa shape index (κ2) is 9.13. The van der Waals surface area contributed by atoms with Crippen molar-refractivity contribution in [1.29, 1.82) is 0 Å². The number of ether oxygens (including phenoxy) is 5. The van der Waals surface area contributed by atoms with Crippen LogP contribution in [0, 0.1) is 18.8 Å². The number of fused-ring (bicyclic) bond motifs is 3. The molecule has 9 nitrogen and oxygen atoms in total. The minimum absolute atomic E-state index is 0.00473. The summed E-state index contributed by atoms with van der Waals surface area (Å²) in [5.74, 6) is 0.397. The molecule has 0 saturated carbocycles. The van der Waals surface area contributed by atoms with Crippen LogP contribution in [0.2, 0.25) is 0 Å². The lowest BCUT2D eigenvalue weighted by atomic mass is 9.67. The van der Waals surface area contributed by atoms with Crippen LogP contribution in [0.1, 0.15) is 28.2 Å². The minimum Gasteiger partial charge on any atom is -0.493 e. The van der Waals surface area contributed by atoms with Crippen LogP contribution in [-0.4, -0.2) is 42.0 Å². The Balaban J connectivity index is 1.46. The molecule has 38 heavy (non-hydrogen) atoms. The summed E-state index contributed by atoms with van der Waals surface area (Å²) in [7, 11) is -1.34. The maximum Gasteiger partial charge on any atom is 0.339 e. The Morgan fingerprint density at radius 2 is 1.55 bits per heavy atom. The highest BCUT2D eigenvalue weighted by Gasteiger charge is 2.48. The molecule has 0 bridgehead atoms. The number of cyclic esters (lactones) is 1. The Hall–Kier alpha value is -3.92. The molecule has 0 aromatic heterocycles. The molecule has 3 aliphatic rings. The Labute approximate surface area is 220 Å². The highest BCUT2D eigenvalue weighted by atomic mass is 32.2. The maximum atomic E-state index is 13.1. The van der Waals surface area contributed by atoms with Crippen LogP contribution in [0.3, 0.4) is 0 Å². The zero-order chi connectivity index (χ0) is 26.6. The molecule has 0 amide bonds. The topological polar surface area (TPSA) is 107 Å². The lowest BCUT2D eigenvalue weighted by Crippen LogP contribution is -2.31. The van der Waals surface area contributed by atoms with E-state index in [4.69, 9.17) is 27.9 Å². The molecule has 3 aromatic rings. The molecule has 6 rings (SSSR count). The van der Waals surface area contributed by atoms with Crippen LogP contribution in [0.5, 0.6) is 28.7 Å². The molecule has 0 spiro atoms. The Morgan fingerprint density at radius 3 is 2.21 bits per heavy atom. The summed E-state index contributed by atoms with van der Waals surface area (Å²) in [6, 6.07) is 13.6. The van der Waals surface area contributed by atoms with Gasteiger partial charge in [0.2, 0.25) is 12.5 Å². The van der Waals surface area contributed by atoms with Gasteiger partial charge in [0.1, 0.15) is 4.90 Å². The number of benzene rings is 3. The predicted octanol–water partition coefficient (Wildman–Crippen LogP) is 3.99. The van der Waals surface area contributed by atoms with Crippen molar-refractivity contribution in [1.82, 2.24) is 0 Å². The normalized spacial score (nSPS) is 21.3. The molecule has 2 aliphatic heterocycles. The number of carbonyl (C=O) groups excluding carboxylic acids is 1. The average molecular weight is 539 g/mol. The summed E-state index contributed by atoms with van der Waals surface area (Å²) in [6.45, 7) is 2.34. The highest BCUT2D eigenvalue weighted by molar-refractivity contribution is 7.87. The lowest BCUT2D eigenvalue weighted by Gasteiger charge is -2.34. The van der Waals surface area contributed by atoms with E-state index in [2.05, 4.69) is 0 Å². The van der Waals surface area contributed by atoms with Crippen molar-refractivity contribution in [2.45, 2.75) is 24.2 Å². The average Bonchev–Trinajstić information content (AvgIpc) is 3.52. The van der Waals surface area contributed by atoms with E-state index in [9.17, 15) is 13.2 Å². The fourth-order valence-corrected chi connectivity index (χ4v) is 6.48. The monoisotopic (exact) mass is 538 g/mol. The largest absolute Gasteiger partial charge is 0.493 e. The van der Waals surface area contributed by atoms with Gasteiger partial charge in [-0.05, 0) is 66.4 Å². The smallest absolute Gasteiger partial charge is 0.339 e. The van der Waals surface area contributed by atoms with Gasteiger partial charge in [0.05, 0.1) is 26.7 Å². The molecular weight excluding hydrogens is 512 g/mol. The van der Waals surface area contributed by atoms with Crippen molar-refractivity contribution in [3.63, 3.8) is 0 Å². The van der Waals surface area contributed by atoms with E-state index in [0.717, 1.165) is 16.7 Å². The van der Waals surface area contributed by atoms with Crippen LogP contribution in [0.15, 0.2) is 53.4 Å². The second-order valence-electron chi connectivity index (χ2n) is 9.61. The van der Waals surface area contributed by atoms with Gasteiger partial charge in [-0.2, -0.15) is 8.42 Å². The summed E-state index contributed by atoms with van der Waals surface area (Å²) in [5.41, 5.74) is 3.58. The molecule has 3 atom stereocenters. The fraction of sp³-hybridized carbons (Fsp3) is 0.321. The third-order valence-corrected chi connectivity index (χ3v) is 8.61. The van der Waals surface area contributed by atoms with Gasteiger partial charge in [0.15, 0.2) is 23.0 Å². The third-order valence-electron chi connectivity index (χ3n) is 7.38. The van der Waals surface area contributed by atoms with Crippen molar-refractivity contribution in [3.05, 3.63) is 70.8 Å². The van der Waals surface area contributed by atoms with Crippen molar-refractivity contribution < 1.29 is 41.1 Å². The van der Waals surface area contributed by atoms with Crippen molar-refractivity contribution >= 4 is 16.1 Å². The summed E-state index contributed by atoms with van der Waals surface area (Å²) in [5, 5.41) is 0. The molecule has 0 radical (unpaired) electrons. The SMILES string of the molecule is COc1cc([C@@H]2c3cc4c(cc3C[C@H]3COC(=O)[C@@H]32)OCO4)cc(OC)c1OS(=O)(=O)c1ccc(C)cc1. The first-order chi connectivity index (χ1) is 18.3. The van der Waals surface area contributed by atoms with E-state index >= 15 is 0 Å². The van der Waals surface area contributed by atoms with Crippen molar-refractivity contribution in [2.24, 2.45) is 11.8 Å². The van der Waals surface area contributed by atoms with E-state index < -0.39 is 22.0 Å². The number of carbonyl (C=O) groups is 1. The first-order valence-electron chi connectivity index (χ1n) is 12.1. The third kappa shape index (κ3) is 3.99. The maximum absolute atomic E-state index is 13.1. The Bertz CT molecular complexity index is 1500. The lowest BCUT2D eigenvalue weighted by molar-refractivity contribution is -0.141. The van der Waals surface area contributed by atoms with Gasteiger partial charge >= 0.3 is 16.1 Å². The highest BCUT2D eigenvalue weighted by Crippen LogP contribution is 2.52. The number of methoxy groups -OCH3 is 2. The molecule has 1 saturated heterocycles. The van der Waals surface area contributed by atoms with Crippen LogP contribution in [0.25, 0.3) is 0 Å². The molecule has 0 N–H and O–H groups in total. The number of hydrogen-bond acceptors (Lipinski definition) is 9.